The highest BCUT2D eigenvalue weighted by atomic mass is 16.5. The summed E-state index contributed by atoms with van der Waals surface area (Å²) in [6.45, 7) is 5.50. The summed E-state index contributed by atoms with van der Waals surface area (Å²) in [5.74, 6) is -0.380. The molecule has 0 atom stereocenters. The van der Waals surface area contributed by atoms with E-state index in [0.717, 1.165) is 28.2 Å². The summed E-state index contributed by atoms with van der Waals surface area (Å²) in [6.07, 6.45) is 6.87. The minimum atomic E-state index is -0.993. The topological polar surface area (TPSA) is 94.0 Å². The predicted molar refractivity (Wildman–Crippen MR) is 122 cm³/mol. The van der Waals surface area contributed by atoms with E-state index in [0.29, 0.717) is 12.2 Å². The van der Waals surface area contributed by atoms with Crippen LogP contribution in [0.1, 0.15) is 26.3 Å². The number of allylic oxidation sites excluding steroid dienone is 1. The van der Waals surface area contributed by atoms with Gasteiger partial charge in [-0.3, -0.25) is 9.39 Å². The monoisotopic (exact) mass is 405 g/mol. The van der Waals surface area contributed by atoms with E-state index in [2.05, 4.69) is 21.4 Å². The van der Waals surface area contributed by atoms with Crippen LogP contribution in [-0.2, 0) is 9.53 Å². The largest absolute Gasteiger partial charge is 0.464 e. The third-order valence-electron chi connectivity index (χ3n) is 4.77. The number of pyridine rings is 1. The van der Waals surface area contributed by atoms with Crippen molar-refractivity contribution in [2.45, 2.75) is 26.3 Å². The van der Waals surface area contributed by atoms with Crippen LogP contribution >= 0.6 is 0 Å². The molecule has 7 nitrogen and oxygen atoms in total. The van der Waals surface area contributed by atoms with Gasteiger partial charge >= 0.3 is 5.97 Å². The van der Waals surface area contributed by atoms with Gasteiger partial charge in [-0.1, -0.05) is 12.1 Å². The molecule has 0 fully saturated rings. The highest BCUT2D eigenvalue weighted by molar-refractivity contribution is 6.10. The van der Waals surface area contributed by atoms with E-state index < -0.39 is 5.54 Å². The molecule has 30 heavy (non-hydrogen) atoms. The zero-order valence-electron chi connectivity index (χ0n) is 17.7. The number of aromatic nitrogens is 2. The zero-order valence-corrected chi connectivity index (χ0v) is 17.7. The second kappa shape index (κ2) is 8.82. The van der Waals surface area contributed by atoms with E-state index >= 15 is 0 Å². The molecular formula is C23H27N5O2. The number of nitrogens with zero attached hydrogens (tertiary/aromatic N) is 3. The second-order valence-corrected chi connectivity index (χ2v) is 7.28. The Kier molecular flexibility index (Phi) is 6.20. The molecular weight excluding hydrogens is 378 g/mol. The van der Waals surface area contributed by atoms with Crippen molar-refractivity contribution in [3.05, 3.63) is 60.6 Å². The Hall–Kier alpha value is -3.61. The first-order valence-electron chi connectivity index (χ1n) is 9.79. The average Bonchev–Trinajstić information content (AvgIpc) is 3.17. The van der Waals surface area contributed by atoms with Crippen LogP contribution in [0.25, 0.3) is 22.5 Å². The van der Waals surface area contributed by atoms with E-state index in [1.165, 1.54) is 6.20 Å². The van der Waals surface area contributed by atoms with Crippen LogP contribution in [0.3, 0.4) is 0 Å². The number of fused-ring (bicyclic) bond motifs is 1. The number of aliphatic imine (C=N–C) groups is 1. The molecule has 0 aliphatic carbocycles. The summed E-state index contributed by atoms with van der Waals surface area (Å²) in [7, 11) is 1.89. The quantitative estimate of drug-likeness (QED) is 0.461. The van der Waals surface area contributed by atoms with Crippen molar-refractivity contribution >= 4 is 29.1 Å². The van der Waals surface area contributed by atoms with Gasteiger partial charge in [-0.05, 0) is 50.6 Å². The van der Waals surface area contributed by atoms with Gasteiger partial charge in [-0.15, -0.1) is 0 Å². The van der Waals surface area contributed by atoms with Crippen molar-refractivity contribution in [1.29, 1.82) is 0 Å². The van der Waals surface area contributed by atoms with Gasteiger partial charge in [0.2, 0.25) is 0 Å². The van der Waals surface area contributed by atoms with Crippen molar-refractivity contribution in [2.75, 3.05) is 19.0 Å². The maximum Gasteiger partial charge on any atom is 0.333 e. The molecule has 0 saturated carbocycles. The molecule has 0 aliphatic rings. The van der Waals surface area contributed by atoms with Crippen LogP contribution in [0.4, 0.5) is 5.69 Å². The minimum absolute atomic E-state index is 0.313. The van der Waals surface area contributed by atoms with Gasteiger partial charge in [0.05, 0.1) is 18.5 Å². The van der Waals surface area contributed by atoms with E-state index in [1.807, 2.05) is 54.2 Å². The molecule has 3 aromatic rings. The van der Waals surface area contributed by atoms with Gasteiger partial charge in [0.1, 0.15) is 5.65 Å². The number of carbonyl (C=O) groups excluding carboxylic acids is 1. The molecule has 7 heteroatoms. The van der Waals surface area contributed by atoms with Crippen LogP contribution in [0.15, 0.2) is 60.0 Å². The van der Waals surface area contributed by atoms with E-state index in [9.17, 15) is 4.79 Å². The number of imidazole rings is 1. The Labute approximate surface area is 176 Å². The molecule has 0 radical (unpaired) electrons. The first-order valence-corrected chi connectivity index (χ1v) is 9.79. The van der Waals surface area contributed by atoms with Crippen LogP contribution < -0.4 is 11.1 Å². The lowest BCUT2D eigenvalue weighted by atomic mass is 10.1. The number of carbonyl (C=O) groups is 1. The number of hydrogen-bond donors (Lipinski definition) is 2. The first-order chi connectivity index (χ1) is 14.4. The Morgan fingerprint density at radius 3 is 2.83 bits per heavy atom. The van der Waals surface area contributed by atoms with Crippen LogP contribution in [-0.4, -0.2) is 40.8 Å². The number of ether oxygens (including phenoxy) is 1. The standard InChI is InChI=1S/C23H27N5O2/c1-5-30-22(29)23(2,3)27-14-18(13-24)16-9-10-28-20(15-26-21(28)12-16)17-7-6-8-19(11-17)25-4/h6-15,25H,5,24H2,1-4H3. The summed E-state index contributed by atoms with van der Waals surface area (Å²) >= 11 is 0. The number of hydrogen-bond acceptors (Lipinski definition) is 6. The molecule has 0 saturated heterocycles. The molecule has 2 aromatic heterocycles. The van der Waals surface area contributed by atoms with E-state index in [4.69, 9.17) is 10.5 Å². The van der Waals surface area contributed by atoms with Crippen molar-refractivity contribution in [3.63, 3.8) is 0 Å². The maximum absolute atomic E-state index is 12.1. The van der Waals surface area contributed by atoms with Gasteiger partial charge in [-0.25, -0.2) is 9.78 Å². The number of esters is 1. The molecule has 3 N–H and O–H groups in total. The minimum Gasteiger partial charge on any atom is -0.464 e. The third kappa shape index (κ3) is 4.35. The Morgan fingerprint density at radius 1 is 1.33 bits per heavy atom. The first kappa shape index (κ1) is 21.1. The van der Waals surface area contributed by atoms with Crippen LogP contribution in [0, 0.1) is 0 Å². The predicted octanol–water partition coefficient (Wildman–Crippen LogP) is 3.76. The molecule has 1 aromatic carbocycles. The molecule has 3 rings (SSSR count). The summed E-state index contributed by atoms with van der Waals surface area (Å²) in [6, 6.07) is 12.0. The summed E-state index contributed by atoms with van der Waals surface area (Å²) < 4.78 is 7.10. The van der Waals surface area contributed by atoms with Gasteiger partial charge in [0.25, 0.3) is 0 Å². The SMILES string of the molecule is CCOC(=O)C(C)(C)N=CC(=CN)c1ccn2c(-c3cccc(NC)c3)cnc2c1. The van der Waals surface area contributed by atoms with Crippen molar-refractivity contribution in [3.8, 4) is 11.3 Å². The van der Waals surface area contributed by atoms with E-state index in [-0.39, 0.29) is 5.97 Å². The lowest BCUT2D eigenvalue weighted by molar-refractivity contribution is -0.148. The highest BCUT2D eigenvalue weighted by Crippen LogP contribution is 2.25. The van der Waals surface area contributed by atoms with Gasteiger partial charge in [0, 0.05) is 42.5 Å². The van der Waals surface area contributed by atoms with Crippen molar-refractivity contribution in [2.24, 2.45) is 10.7 Å². The molecule has 0 aliphatic heterocycles. The van der Waals surface area contributed by atoms with Crippen LogP contribution in [0.5, 0.6) is 0 Å². The second-order valence-electron chi connectivity index (χ2n) is 7.28. The fraction of sp³-hybridized carbons (Fsp3) is 0.261. The summed E-state index contributed by atoms with van der Waals surface area (Å²) in [5, 5.41) is 3.15. The fourth-order valence-corrected chi connectivity index (χ4v) is 3.01. The Balaban J connectivity index is 1.91. The number of nitrogens with one attached hydrogen (secondary N) is 1. The molecule has 0 unspecified atom stereocenters. The average molecular weight is 406 g/mol. The highest BCUT2D eigenvalue weighted by Gasteiger charge is 2.27. The fourth-order valence-electron chi connectivity index (χ4n) is 3.01. The number of nitrogens with two attached hydrogens (primary N) is 1. The molecule has 0 bridgehead atoms. The molecule has 0 spiro atoms. The summed E-state index contributed by atoms with van der Waals surface area (Å²) in [4.78, 5) is 21.0. The van der Waals surface area contributed by atoms with Crippen LogP contribution in [0.2, 0.25) is 0 Å². The molecule has 2 heterocycles. The third-order valence-corrected chi connectivity index (χ3v) is 4.77. The molecule has 156 valence electrons. The molecule has 0 amide bonds. The number of anilines is 1. The van der Waals surface area contributed by atoms with Gasteiger partial charge < -0.3 is 15.8 Å². The zero-order chi connectivity index (χ0) is 21.7. The number of benzene rings is 1. The lowest BCUT2D eigenvalue weighted by Gasteiger charge is -2.17. The van der Waals surface area contributed by atoms with Crippen molar-refractivity contribution in [1.82, 2.24) is 9.38 Å². The summed E-state index contributed by atoms with van der Waals surface area (Å²) in [5.41, 5.74) is 10.3. The smallest absolute Gasteiger partial charge is 0.333 e. The maximum atomic E-state index is 12.1. The normalized spacial score (nSPS) is 12.5. The van der Waals surface area contributed by atoms with Crippen molar-refractivity contribution < 1.29 is 9.53 Å². The van der Waals surface area contributed by atoms with E-state index in [1.54, 1.807) is 27.0 Å². The Morgan fingerprint density at radius 2 is 2.13 bits per heavy atom. The van der Waals surface area contributed by atoms with Gasteiger partial charge in [-0.2, -0.15) is 0 Å². The number of rotatable bonds is 7. The van der Waals surface area contributed by atoms with Gasteiger partial charge in [0.15, 0.2) is 5.54 Å². The Bertz CT molecular complexity index is 1110. The lowest BCUT2D eigenvalue weighted by Crippen LogP contribution is -2.31.